The first-order chi connectivity index (χ1) is 12.3. The first-order valence-electron chi connectivity index (χ1n) is 8.49. The van der Waals surface area contributed by atoms with Gasteiger partial charge in [-0.25, -0.2) is 4.39 Å². The number of amides is 1. The summed E-state index contributed by atoms with van der Waals surface area (Å²) >= 11 is 0. The van der Waals surface area contributed by atoms with Crippen LogP contribution in [0.25, 0.3) is 0 Å². The maximum Gasteiger partial charge on any atom is 0.228 e. The Labute approximate surface area is 152 Å². The number of aryl methyl sites for hydroxylation is 1. The molecular weight excluding hydrogens is 337 g/mol. The highest BCUT2D eigenvalue weighted by molar-refractivity contribution is 6.23. The molecule has 1 aliphatic carbocycles. The van der Waals surface area contributed by atoms with Gasteiger partial charge in [0.15, 0.2) is 11.6 Å². The molecule has 0 heterocycles. The van der Waals surface area contributed by atoms with Crippen molar-refractivity contribution in [3.63, 3.8) is 0 Å². The molecule has 0 radical (unpaired) electrons. The molecule has 1 fully saturated rings. The standard InChI is InChI=1S/C19H24FN3O3/c1-12-4-5-14(10-16(12)20)22-19(26)13-8-17(24)15(18(25)9-13)11-21-6-7-23(2)3/h4-5,10-11,13,21H,6-9H2,1-3H3,(H,22,26). The van der Waals surface area contributed by atoms with Crippen molar-refractivity contribution in [1.29, 1.82) is 0 Å². The molecule has 0 bridgehead atoms. The predicted molar refractivity (Wildman–Crippen MR) is 97.1 cm³/mol. The maximum absolute atomic E-state index is 13.6. The topological polar surface area (TPSA) is 78.5 Å². The lowest BCUT2D eigenvalue weighted by Crippen LogP contribution is -2.35. The Hall–Kier alpha value is -2.54. The van der Waals surface area contributed by atoms with Gasteiger partial charge in [-0.15, -0.1) is 0 Å². The fraction of sp³-hybridized carbons (Fsp3) is 0.421. The molecule has 7 heteroatoms. The number of carbonyl (C=O) groups excluding carboxylic acids is 3. The van der Waals surface area contributed by atoms with Crippen LogP contribution in [-0.2, 0) is 14.4 Å². The summed E-state index contributed by atoms with van der Waals surface area (Å²) in [6.07, 6.45) is 1.37. The van der Waals surface area contributed by atoms with Crippen LogP contribution in [0.15, 0.2) is 30.0 Å². The Kier molecular flexibility index (Phi) is 6.63. The fourth-order valence-electron chi connectivity index (χ4n) is 2.62. The zero-order chi connectivity index (χ0) is 19.3. The number of Topliss-reactive ketones (excluding diaryl/α,β-unsaturated/α-hetero) is 2. The molecule has 0 spiro atoms. The monoisotopic (exact) mass is 361 g/mol. The average Bonchev–Trinajstić information content (AvgIpc) is 2.56. The number of nitrogens with zero attached hydrogens (tertiary/aromatic N) is 1. The molecule has 1 saturated carbocycles. The number of allylic oxidation sites excluding steroid dienone is 1. The smallest absolute Gasteiger partial charge is 0.228 e. The molecule has 6 nitrogen and oxygen atoms in total. The summed E-state index contributed by atoms with van der Waals surface area (Å²) in [4.78, 5) is 38.7. The highest BCUT2D eigenvalue weighted by Crippen LogP contribution is 2.24. The van der Waals surface area contributed by atoms with Gasteiger partial charge in [0.1, 0.15) is 5.82 Å². The lowest BCUT2D eigenvalue weighted by molar-refractivity contribution is -0.131. The second-order valence-corrected chi connectivity index (χ2v) is 6.72. The van der Waals surface area contributed by atoms with Crippen LogP contribution in [0.5, 0.6) is 0 Å². The molecule has 26 heavy (non-hydrogen) atoms. The highest BCUT2D eigenvalue weighted by atomic mass is 19.1. The maximum atomic E-state index is 13.6. The van der Waals surface area contributed by atoms with Crippen LogP contribution in [0.4, 0.5) is 10.1 Å². The molecule has 0 unspecified atom stereocenters. The Morgan fingerprint density at radius 3 is 2.50 bits per heavy atom. The number of rotatable bonds is 6. The number of likely N-dealkylation sites (N-methyl/N-ethyl adjacent to an activating group) is 1. The van der Waals surface area contributed by atoms with E-state index >= 15 is 0 Å². The lowest BCUT2D eigenvalue weighted by atomic mass is 9.83. The van der Waals surface area contributed by atoms with E-state index in [1.54, 1.807) is 19.1 Å². The van der Waals surface area contributed by atoms with E-state index in [4.69, 9.17) is 0 Å². The minimum atomic E-state index is -0.738. The van der Waals surface area contributed by atoms with Gasteiger partial charge >= 0.3 is 0 Å². The second kappa shape index (κ2) is 8.71. The van der Waals surface area contributed by atoms with E-state index in [1.807, 2.05) is 19.0 Å². The Morgan fingerprint density at radius 1 is 1.27 bits per heavy atom. The van der Waals surface area contributed by atoms with E-state index in [1.165, 1.54) is 12.3 Å². The summed E-state index contributed by atoms with van der Waals surface area (Å²) in [7, 11) is 3.85. The van der Waals surface area contributed by atoms with Gasteiger partial charge in [0, 0.05) is 37.8 Å². The quantitative estimate of drug-likeness (QED) is 0.458. The largest absolute Gasteiger partial charge is 0.389 e. The van der Waals surface area contributed by atoms with Gasteiger partial charge in [-0.1, -0.05) is 6.07 Å². The minimum absolute atomic E-state index is 0.0346. The van der Waals surface area contributed by atoms with Crippen LogP contribution in [0.1, 0.15) is 18.4 Å². The average molecular weight is 361 g/mol. The molecule has 1 amide bonds. The van der Waals surface area contributed by atoms with Crippen LogP contribution in [0.2, 0.25) is 0 Å². The molecule has 0 atom stereocenters. The number of carbonyl (C=O) groups is 3. The fourth-order valence-corrected chi connectivity index (χ4v) is 2.62. The number of halogens is 1. The van der Waals surface area contributed by atoms with Gasteiger partial charge in [-0.05, 0) is 38.7 Å². The van der Waals surface area contributed by atoms with E-state index in [2.05, 4.69) is 10.6 Å². The number of anilines is 1. The van der Waals surface area contributed by atoms with Gasteiger partial charge in [0.25, 0.3) is 0 Å². The molecular formula is C19H24FN3O3. The Bertz CT molecular complexity index is 724. The van der Waals surface area contributed by atoms with Crippen molar-refractivity contribution in [3.05, 3.63) is 41.4 Å². The van der Waals surface area contributed by atoms with Crippen molar-refractivity contribution in [3.8, 4) is 0 Å². The van der Waals surface area contributed by atoms with E-state index < -0.39 is 17.6 Å². The van der Waals surface area contributed by atoms with Crippen molar-refractivity contribution in [2.45, 2.75) is 19.8 Å². The number of benzene rings is 1. The second-order valence-electron chi connectivity index (χ2n) is 6.72. The molecule has 1 aromatic carbocycles. The van der Waals surface area contributed by atoms with Gasteiger partial charge in [-0.2, -0.15) is 0 Å². The van der Waals surface area contributed by atoms with Gasteiger partial charge < -0.3 is 15.5 Å². The van der Waals surface area contributed by atoms with E-state index in [9.17, 15) is 18.8 Å². The predicted octanol–water partition coefficient (Wildman–Crippen LogP) is 1.66. The molecule has 1 aromatic rings. The Morgan fingerprint density at radius 2 is 1.92 bits per heavy atom. The number of hydrogen-bond donors (Lipinski definition) is 2. The van der Waals surface area contributed by atoms with E-state index in [0.717, 1.165) is 6.54 Å². The van der Waals surface area contributed by atoms with Gasteiger partial charge in [0.05, 0.1) is 11.5 Å². The molecule has 0 aromatic heterocycles. The van der Waals surface area contributed by atoms with Gasteiger partial charge in [-0.3, -0.25) is 14.4 Å². The first-order valence-corrected chi connectivity index (χ1v) is 8.49. The van der Waals surface area contributed by atoms with Gasteiger partial charge in [0.2, 0.25) is 5.91 Å². The zero-order valence-electron chi connectivity index (χ0n) is 15.3. The normalized spacial score (nSPS) is 17.4. The minimum Gasteiger partial charge on any atom is -0.389 e. The Balaban J connectivity index is 1.96. The van der Waals surface area contributed by atoms with Crippen LogP contribution in [-0.4, -0.2) is 49.6 Å². The lowest BCUT2D eigenvalue weighted by Gasteiger charge is -2.21. The number of ketones is 2. The van der Waals surface area contributed by atoms with Crippen LogP contribution >= 0.6 is 0 Å². The molecule has 0 aliphatic heterocycles. The third-order valence-corrected chi connectivity index (χ3v) is 4.22. The van der Waals surface area contributed by atoms with E-state index in [-0.39, 0.29) is 30.0 Å². The summed E-state index contributed by atoms with van der Waals surface area (Å²) < 4.78 is 13.6. The van der Waals surface area contributed by atoms with E-state index in [0.29, 0.717) is 17.8 Å². The molecule has 1 aliphatic rings. The summed E-state index contributed by atoms with van der Waals surface area (Å²) in [5, 5.41) is 5.53. The third-order valence-electron chi connectivity index (χ3n) is 4.22. The third kappa shape index (κ3) is 5.23. The number of hydrogen-bond acceptors (Lipinski definition) is 5. The van der Waals surface area contributed by atoms with Crippen LogP contribution in [0, 0.1) is 18.7 Å². The summed E-state index contributed by atoms with van der Waals surface area (Å²) in [6, 6.07) is 4.37. The molecule has 140 valence electrons. The van der Waals surface area contributed by atoms with Crippen molar-refractivity contribution in [1.82, 2.24) is 10.2 Å². The summed E-state index contributed by atoms with van der Waals surface area (Å²) in [5.41, 5.74) is 0.890. The zero-order valence-corrected chi connectivity index (χ0v) is 15.3. The SMILES string of the molecule is Cc1ccc(NC(=O)C2CC(=O)C(=CNCCN(C)C)C(=O)C2)cc1F. The van der Waals surface area contributed by atoms with Crippen molar-refractivity contribution in [2.24, 2.45) is 5.92 Å². The molecule has 2 rings (SSSR count). The highest BCUT2D eigenvalue weighted by Gasteiger charge is 2.34. The van der Waals surface area contributed by atoms with Crippen molar-refractivity contribution in [2.75, 3.05) is 32.5 Å². The summed E-state index contributed by atoms with van der Waals surface area (Å²) in [5.74, 6) is -2.32. The van der Waals surface area contributed by atoms with Crippen LogP contribution < -0.4 is 10.6 Å². The molecule has 2 N–H and O–H groups in total. The number of nitrogens with one attached hydrogen (secondary N) is 2. The molecule has 0 saturated heterocycles. The first kappa shape index (κ1) is 19.8. The summed E-state index contributed by atoms with van der Waals surface area (Å²) in [6.45, 7) is 3.00. The van der Waals surface area contributed by atoms with Crippen LogP contribution in [0.3, 0.4) is 0 Å². The van der Waals surface area contributed by atoms with Crippen molar-refractivity contribution < 1.29 is 18.8 Å². The van der Waals surface area contributed by atoms with Crippen molar-refractivity contribution >= 4 is 23.2 Å².